The Morgan fingerprint density at radius 1 is 0.414 bits per heavy atom. The van der Waals surface area contributed by atoms with Crippen LogP contribution in [0.25, 0.3) is 10.8 Å². The molecule has 58 heavy (non-hydrogen) atoms. The molecule has 0 bridgehead atoms. The van der Waals surface area contributed by atoms with Gasteiger partial charge in [-0.25, -0.2) is 0 Å². The van der Waals surface area contributed by atoms with Crippen LogP contribution in [-0.4, -0.2) is 0 Å². The van der Waals surface area contributed by atoms with Crippen molar-refractivity contribution in [3.05, 3.63) is 249 Å². The summed E-state index contributed by atoms with van der Waals surface area (Å²) < 4.78 is 0. The van der Waals surface area contributed by atoms with E-state index in [1.807, 2.05) is 0 Å². The minimum atomic E-state index is -0.0589. The second kappa shape index (κ2) is 16.2. The molecule has 0 aliphatic heterocycles. The lowest BCUT2D eigenvalue weighted by Gasteiger charge is -2.33. The third kappa shape index (κ3) is 6.98. The fourth-order valence-corrected chi connectivity index (χ4v) is 9.75. The van der Waals surface area contributed by atoms with E-state index in [2.05, 4.69) is 220 Å². The van der Waals surface area contributed by atoms with Crippen molar-refractivity contribution < 1.29 is 0 Å². The van der Waals surface area contributed by atoms with Crippen molar-refractivity contribution in [2.24, 2.45) is 0 Å². The molecule has 0 saturated carbocycles. The topological polar surface area (TPSA) is 24.1 Å². The summed E-state index contributed by atoms with van der Waals surface area (Å²) >= 11 is 0. The number of benzene rings is 8. The Labute approximate surface area is 344 Å². The number of anilines is 2. The summed E-state index contributed by atoms with van der Waals surface area (Å²) in [7, 11) is 0. The summed E-state index contributed by atoms with van der Waals surface area (Å²) in [6, 6.07) is 67.6. The molecule has 2 N–H and O–H groups in total. The van der Waals surface area contributed by atoms with Gasteiger partial charge in [-0.1, -0.05) is 207 Å². The second-order valence-corrected chi connectivity index (χ2v) is 16.0. The average molecular weight is 753 g/mol. The Morgan fingerprint density at radius 3 is 1.16 bits per heavy atom. The quantitative estimate of drug-likeness (QED) is 0.121. The number of aryl methyl sites for hydroxylation is 4. The van der Waals surface area contributed by atoms with E-state index >= 15 is 0 Å². The van der Waals surface area contributed by atoms with Crippen molar-refractivity contribution in [1.29, 1.82) is 0 Å². The highest BCUT2D eigenvalue weighted by Gasteiger charge is 2.37. The number of hydrogen-bond acceptors (Lipinski definition) is 2. The van der Waals surface area contributed by atoms with E-state index in [4.69, 9.17) is 0 Å². The molecular weight excluding hydrogens is 701 g/mol. The van der Waals surface area contributed by atoms with Crippen LogP contribution < -0.4 is 10.6 Å². The molecule has 1 aliphatic carbocycles. The van der Waals surface area contributed by atoms with Crippen LogP contribution in [0, 0.1) is 13.8 Å². The molecule has 0 saturated heterocycles. The van der Waals surface area contributed by atoms with Gasteiger partial charge in [-0.2, -0.15) is 0 Å². The molecule has 2 heteroatoms. The molecule has 8 aromatic carbocycles. The highest BCUT2D eigenvalue weighted by Crippen LogP contribution is 2.51. The molecule has 1 aliphatic rings. The van der Waals surface area contributed by atoms with Gasteiger partial charge in [0.2, 0.25) is 0 Å². The molecule has 0 spiro atoms. The maximum Gasteiger partial charge on any atom is 0.0763 e. The first-order chi connectivity index (χ1) is 28.5. The zero-order valence-electron chi connectivity index (χ0n) is 34.0. The van der Waals surface area contributed by atoms with Gasteiger partial charge in [0.15, 0.2) is 0 Å². The fourth-order valence-electron chi connectivity index (χ4n) is 9.75. The van der Waals surface area contributed by atoms with Crippen molar-refractivity contribution >= 4 is 22.1 Å². The van der Waals surface area contributed by atoms with Gasteiger partial charge < -0.3 is 10.6 Å². The van der Waals surface area contributed by atoms with Gasteiger partial charge >= 0.3 is 0 Å². The van der Waals surface area contributed by atoms with Crippen LogP contribution in [0.2, 0.25) is 0 Å². The summed E-state index contributed by atoms with van der Waals surface area (Å²) in [5.74, 6) is -0.00516. The van der Waals surface area contributed by atoms with E-state index in [0.717, 1.165) is 12.8 Å². The predicted molar refractivity (Wildman–Crippen MR) is 245 cm³/mol. The highest BCUT2D eigenvalue weighted by atomic mass is 15.0. The van der Waals surface area contributed by atoms with E-state index in [-0.39, 0.29) is 23.9 Å². The van der Waals surface area contributed by atoms with E-state index in [1.54, 1.807) is 0 Å². The second-order valence-electron chi connectivity index (χ2n) is 16.0. The Bertz CT molecular complexity index is 2450. The minimum Gasteiger partial charge on any atom is -0.375 e. The molecule has 9 rings (SSSR count). The highest BCUT2D eigenvalue weighted by molar-refractivity contribution is 5.93. The van der Waals surface area contributed by atoms with Crippen LogP contribution in [-0.2, 0) is 12.8 Å². The van der Waals surface area contributed by atoms with Gasteiger partial charge in [0.25, 0.3) is 0 Å². The third-order valence-electron chi connectivity index (χ3n) is 12.3. The lowest BCUT2D eigenvalue weighted by atomic mass is 9.78. The maximum atomic E-state index is 4.45. The predicted octanol–water partition coefficient (Wildman–Crippen LogP) is 14.3. The Morgan fingerprint density at radius 2 is 0.776 bits per heavy atom. The van der Waals surface area contributed by atoms with Crippen LogP contribution in [0.4, 0.5) is 11.4 Å². The molecule has 0 aromatic heterocycles. The molecule has 286 valence electrons. The van der Waals surface area contributed by atoms with E-state index in [1.165, 1.54) is 88.9 Å². The minimum absolute atomic E-state index is 0.00258. The molecule has 8 aromatic rings. The number of hydrogen-bond donors (Lipinski definition) is 2. The average Bonchev–Trinajstić information content (AvgIpc) is 3.56. The summed E-state index contributed by atoms with van der Waals surface area (Å²) in [5, 5.41) is 11.3. The monoisotopic (exact) mass is 752 g/mol. The Kier molecular flexibility index (Phi) is 10.4. The van der Waals surface area contributed by atoms with Gasteiger partial charge in [-0.05, 0) is 93.1 Å². The maximum absolute atomic E-state index is 4.45. The van der Waals surface area contributed by atoms with Gasteiger partial charge in [0.05, 0.1) is 12.1 Å². The Hall–Kier alpha value is -6.38. The van der Waals surface area contributed by atoms with E-state index < -0.39 is 0 Å². The van der Waals surface area contributed by atoms with Gasteiger partial charge in [-0.15, -0.1) is 0 Å². The van der Waals surface area contributed by atoms with Gasteiger partial charge in [-0.3, -0.25) is 0 Å². The van der Waals surface area contributed by atoms with E-state index in [9.17, 15) is 0 Å². The standard InChI is InChI=1S/C56H52N2/c1-5-39-33-37(3)34-40(6-2)53(39)57-55-46-31-19-29-45-30-20-32-47(52(45)46)56(55)58-54-48(50(41-21-11-7-12-22-41)42-23-13-8-14-24-42)35-38(4)36-49(54)51(43-25-15-9-16-26-43)44-27-17-10-18-28-44/h7-36,50-51,55-58H,5-6H2,1-4H3. The summed E-state index contributed by atoms with van der Waals surface area (Å²) in [6.07, 6.45) is 1.94. The molecule has 0 radical (unpaired) electrons. The molecule has 2 atom stereocenters. The van der Waals surface area contributed by atoms with E-state index in [0.29, 0.717) is 0 Å². The SMILES string of the molecule is CCc1cc(C)cc(CC)c1NC1c2cccc3cccc(c23)C1Nc1c(C(c2ccccc2)c2ccccc2)cc(C)cc1C(c1ccccc1)c1ccccc1. The summed E-state index contributed by atoms with van der Waals surface area (Å²) in [6.45, 7) is 9.06. The lowest BCUT2D eigenvalue weighted by molar-refractivity contribution is 0.676. The first-order valence-corrected chi connectivity index (χ1v) is 21.0. The number of nitrogens with one attached hydrogen (secondary N) is 2. The molecule has 0 fully saturated rings. The van der Waals surface area contributed by atoms with Crippen molar-refractivity contribution in [2.75, 3.05) is 10.6 Å². The smallest absolute Gasteiger partial charge is 0.0763 e. The lowest BCUT2D eigenvalue weighted by Crippen LogP contribution is -2.25. The van der Waals surface area contributed by atoms with Crippen molar-refractivity contribution in [1.82, 2.24) is 0 Å². The van der Waals surface area contributed by atoms with Crippen LogP contribution in [0.5, 0.6) is 0 Å². The summed E-state index contributed by atoms with van der Waals surface area (Å²) in [5.41, 5.74) is 18.1. The first-order valence-electron chi connectivity index (χ1n) is 21.0. The first kappa shape index (κ1) is 37.2. The fraction of sp³-hybridized carbons (Fsp3) is 0.179. The molecule has 2 unspecified atom stereocenters. The van der Waals surface area contributed by atoms with Crippen LogP contribution in [0.15, 0.2) is 182 Å². The summed E-state index contributed by atoms with van der Waals surface area (Å²) in [4.78, 5) is 0. The van der Waals surface area contributed by atoms with Gasteiger partial charge in [0.1, 0.15) is 0 Å². The van der Waals surface area contributed by atoms with Crippen molar-refractivity contribution in [3.8, 4) is 0 Å². The molecular formula is C56H52N2. The van der Waals surface area contributed by atoms with Crippen molar-refractivity contribution in [2.45, 2.75) is 64.5 Å². The number of rotatable bonds is 12. The third-order valence-corrected chi connectivity index (χ3v) is 12.3. The molecule has 0 heterocycles. The van der Waals surface area contributed by atoms with Crippen LogP contribution >= 0.6 is 0 Å². The van der Waals surface area contributed by atoms with Gasteiger partial charge in [0, 0.05) is 23.2 Å². The normalized spacial score (nSPS) is 14.7. The van der Waals surface area contributed by atoms with Crippen LogP contribution in [0.3, 0.4) is 0 Å². The largest absolute Gasteiger partial charge is 0.375 e. The van der Waals surface area contributed by atoms with Crippen molar-refractivity contribution in [3.63, 3.8) is 0 Å². The van der Waals surface area contributed by atoms with Crippen LogP contribution in [0.1, 0.15) is 105 Å². The molecule has 0 amide bonds. The Balaban J connectivity index is 1.32. The zero-order chi connectivity index (χ0) is 39.6. The zero-order valence-corrected chi connectivity index (χ0v) is 34.0. The molecule has 2 nitrogen and oxygen atoms in total.